The van der Waals surface area contributed by atoms with Gasteiger partial charge in [-0.25, -0.2) is 14.1 Å². The fourth-order valence-corrected chi connectivity index (χ4v) is 5.32. The summed E-state index contributed by atoms with van der Waals surface area (Å²) in [6.07, 6.45) is 6.39. The summed E-state index contributed by atoms with van der Waals surface area (Å²) in [5.41, 5.74) is 6.77. The van der Waals surface area contributed by atoms with Crippen molar-refractivity contribution in [1.82, 2.24) is 19.4 Å². The Hall–Kier alpha value is -3.71. The maximum atomic E-state index is 12.7. The minimum atomic E-state index is -0.230. The van der Waals surface area contributed by atoms with Gasteiger partial charge in [-0.3, -0.25) is 4.79 Å². The van der Waals surface area contributed by atoms with Crippen LogP contribution in [0.1, 0.15) is 39.1 Å². The number of aromatic nitrogens is 4. The first kappa shape index (κ1) is 27.3. The number of aryl methyl sites for hydroxylation is 2. The molecule has 0 spiro atoms. The lowest BCUT2D eigenvalue weighted by atomic mass is 9.84. The third-order valence-electron chi connectivity index (χ3n) is 7.32. The van der Waals surface area contributed by atoms with Crippen LogP contribution in [0.2, 0.25) is 0 Å². The van der Waals surface area contributed by atoms with Crippen molar-refractivity contribution in [1.29, 1.82) is 0 Å². The molecule has 5 rings (SSSR count). The van der Waals surface area contributed by atoms with Gasteiger partial charge >= 0.3 is 5.65 Å². The number of allylic oxidation sites excluding steroid dienone is 3. The predicted octanol–water partition coefficient (Wildman–Crippen LogP) is 1.70. The molecular formula is C30H35ClN6O. The number of nitrogens with zero attached hydrogens (tertiary/aromatic N) is 6. The van der Waals surface area contributed by atoms with Crippen molar-refractivity contribution in [2.24, 2.45) is 0 Å². The Labute approximate surface area is 230 Å². The van der Waals surface area contributed by atoms with Crippen LogP contribution in [0.3, 0.4) is 0 Å². The van der Waals surface area contributed by atoms with E-state index in [1.807, 2.05) is 30.3 Å². The van der Waals surface area contributed by atoms with Gasteiger partial charge in [0.15, 0.2) is 5.52 Å². The molecule has 2 aromatic heterocycles. The van der Waals surface area contributed by atoms with E-state index in [1.54, 1.807) is 19.0 Å². The maximum absolute atomic E-state index is 12.7. The zero-order chi connectivity index (χ0) is 26.3. The largest absolute Gasteiger partial charge is 1.00 e. The summed E-state index contributed by atoms with van der Waals surface area (Å²) in [5, 5.41) is 0. The number of hydrogen-bond donors (Lipinski definition) is 0. The number of likely N-dealkylation sites (N-methyl/N-ethyl adjacent to an activating group) is 1. The number of anilines is 1. The third kappa shape index (κ3) is 4.45. The second kappa shape index (κ2) is 10.6. The van der Waals surface area contributed by atoms with E-state index in [2.05, 4.69) is 78.2 Å². The first-order valence-corrected chi connectivity index (χ1v) is 12.9. The second-order valence-corrected chi connectivity index (χ2v) is 10.1. The number of fused-ring (bicyclic) bond motifs is 3. The summed E-state index contributed by atoms with van der Waals surface area (Å²) in [6, 6.07) is 16.4. The first-order chi connectivity index (χ1) is 17.8. The molecule has 2 aromatic carbocycles. The van der Waals surface area contributed by atoms with Crippen molar-refractivity contribution < 1.29 is 21.8 Å². The Bertz CT molecular complexity index is 1510. The van der Waals surface area contributed by atoms with Gasteiger partial charge in [-0.15, -0.1) is 0 Å². The Morgan fingerprint density at radius 1 is 1.03 bits per heavy atom. The van der Waals surface area contributed by atoms with Crippen LogP contribution in [0.15, 0.2) is 66.4 Å². The Kier molecular flexibility index (Phi) is 7.61. The number of para-hydroxylation sites is 3. The van der Waals surface area contributed by atoms with E-state index in [-0.39, 0.29) is 23.7 Å². The van der Waals surface area contributed by atoms with Crippen LogP contribution in [0, 0.1) is 0 Å². The average Bonchev–Trinajstić information content (AvgIpc) is 3.30. The minimum absolute atomic E-state index is 0. The summed E-state index contributed by atoms with van der Waals surface area (Å²) in [6.45, 7) is 10.6. The molecule has 4 aromatic rings. The monoisotopic (exact) mass is 530 g/mol. The highest BCUT2D eigenvalue weighted by Crippen LogP contribution is 2.47. The summed E-state index contributed by atoms with van der Waals surface area (Å²) >= 11 is 0. The van der Waals surface area contributed by atoms with Gasteiger partial charge in [0.2, 0.25) is 11.7 Å². The molecule has 1 aliphatic heterocycles. The minimum Gasteiger partial charge on any atom is -1.00 e. The van der Waals surface area contributed by atoms with E-state index in [0.29, 0.717) is 6.54 Å². The number of hydrogen-bond acceptors (Lipinski definition) is 4. The molecule has 38 heavy (non-hydrogen) atoms. The molecule has 198 valence electrons. The quantitative estimate of drug-likeness (QED) is 0.356. The highest BCUT2D eigenvalue weighted by molar-refractivity contribution is 5.85. The maximum Gasteiger partial charge on any atom is 0.323 e. The van der Waals surface area contributed by atoms with Crippen molar-refractivity contribution in [3.05, 3.63) is 77.8 Å². The lowest BCUT2D eigenvalue weighted by molar-refractivity contribution is -0.672. The summed E-state index contributed by atoms with van der Waals surface area (Å²) in [7, 11) is 3.61. The van der Waals surface area contributed by atoms with Gasteiger partial charge < -0.3 is 22.2 Å². The molecule has 0 saturated carbocycles. The van der Waals surface area contributed by atoms with Gasteiger partial charge in [0, 0.05) is 37.0 Å². The normalized spacial score (nSPS) is 15.4. The number of rotatable bonds is 6. The van der Waals surface area contributed by atoms with Gasteiger partial charge in [0.25, 0.3) is 5.65 Å². The fraction of sp³-hybridized carbons (Fsp3) is 0.333. The van der Waals surface area contributed by atoms with Crippen molar-refractivity contribution in [3.63, 3.8) is 0 Å². The SMILES string of the molecule is CCn1c(/C=C/C=C2/N(CC(=O)N(C)C)c3ccccc3C2(C)C)[n+](CC)c2nc3ccccc3nc21.[Cl-]. The van der Waals surface area contributed by atoms with Crippen LogP contribution < -0.4 is 21.9 Å². The number of amides is 1. The molecule has 7 nitrogen and oxygen atoms in total. The van der Waals surface area contributed by atoms with Crippen molar-refractivity contribution in [3.8, 4) is 0 Å². The van der Waals surface area contributed by atoms with E-state index < -0.39 is 0 Å². The zero-order valence-electron chi connectivity index (χ0n) is 22.9. The van der Waals surface area contributed by atoms with Crippen molar-refractivity contribution in [2.75, 3.05) is 25.5 Å². The van der Waals surface area contributed by atoms with Crippen LogP contribution in [0.5, 0.6) is 0 Å². The highest BCUT2D eigenvalue weighted by atomic mass is 35.5. The molecule has 0 fully saturated rings. The zero-order valence-corrected chi connectivity index (χ0v) is 23.7. The molecule has 0 bridgehead atoms. The molecule has 8 heteroatoms. The Balaban J connectivity index is 0.00000336. The fourth-order valence-electron chi connectivity index (χ4n) is 5.32. The summed E-state index contributed by atoms with van der Waals surface area (Å²) < 4.78 is 4.43. The summed E-state index contributed by atoms with van der Waals surface area (Å²) in [5.74, 6) is 1.12. The van der Waals surface area contributed by atoms with E-state index in [0.717, 1.165) is 52.6 Å². The topological polar surface area (TPSA) is 58.1 Å². The molecular weight excluding hydrogens is 496 g/mol. The van der Waals surface area contributed by atoms with E-state index in [9.17, 15) is 4.79 Å². The summed E-state index contributed by atoms with van der Waals surface area (Å²) in [4.78, 5) is 26.5. The Morgan fingerprint density at radius 3 is 2.34 bits per heavy atom. The van der Waals surface area contributed by atoms with Crippen molar-refractivity contribution >= 4 is 40.0 Å². The average molecular weight is 531 g/mol. The lowest BCUT2D eigenvalue weighted by Crippen LogP contribution is -3.00. The third-order valence-corrected chi connectivity index (χ3v) is 7.32. The van der Waals surface area contributed by atoms with Crippen molar-refractivity contribution in [2.45, 2.75) is 46.2 Å². The van der Waals surface area contributed by atoms with Gasteiger partial charge in [0.05, 0.1) is 13.1 Å². The molecule has 0 atom stereocenters. The second-order valence-electron chi connectivity index (χ2n) is 10.1. The van der Waals surface area contributed by atoms with Crippen LogP contribution in [-0.2, 0) is 23.3 Å². The van der Waals surface area contributed by atoms with Gasteiger partial charge in [-0.2, -0.15) is 0 Å². The van der Waals surface area contributed by atoms with E-state index >= 15 is 0 Å². The first-order valence-electron chi connectivity index (χ1n) is 12.9. The van der Waals surface area contributed by atoms with Crippen LogP contribution >= 0.6 is 0 Å². The predicted molar refractivity (Wildman–Crippen MR) is 149 cm³/mol. The number of halogens is 1. The smallest absolute Gasteiger partial charge is 0.323 e. The lowest BCUT2D eigenvalue weighted by Gasteiger charge is -2.27. The standard InChI is InChI=1S/C30H35N6O.ClH/c1-7-34-26(35(8-2)29-28(34)31-22-15-10-11-16-23(22)32-29)19-13-18-25-30(3,4)21-14-9-12-17-24(21)36(25)20-27(37)33(5)6;/h9-19H,7-8,20H2,1-6H3;1H/q+1;/p-1. The molecule has 0 radical (unpaired) electrons. The molecule has 1 amide bonds. The number of benzene rings is 2. The molecule has 0 aliphatic carbocycles. The number of carbonyl (C=O) groups excluding carboxylic acids is 1. The van der Waals surface area contributed by atoms with Gasteiger partial charge in [0.1, 0.15) is 12.1 Å². The number of carbonyl (C=O) groups is 1. The van der Waals surface area contributed by atoms with Crippen LogP contribution in [0.4, 0.5) is 5.69 Å². The molecule has 1 aliphatic rings. The van der Waals surface area contributed by atoms with E-state index in [1.165, 1.54) is 5.56 Å². The Morgan fingerprint density at radius 2 is 1.68 bits per heavy atom. The van der Waals surface area contributed by atoms with Gasteiger partial charge in [-0.1, -0.05) is 55.2 Å². The van der Waals surface area contributed by atoms with Crippen LogP contribution in [-0.4, -0.2) is 46.0 Å². The number of imidazole rings is 1. The molecule has 0 saturated heterocycles. The molecule has 0 unspecified atom stereocenters. The van der Waals surface area contributed by atoms with Crippen LogP contribution in [0.25, 0.3) is 28.4 Å². The molecule has 3 heterocycles. The van der Waals surface area contributed by atoms with E-state index in [4.69, 9.17) is 9.97 Å². The molecule has 0 N–H and O–H groups in total. The van der Waals surface area contributed by atoms with Gasteiger partial charge in [-0.05, 0) is 43.7 Å². The highest BCUT2D eigenvalue weighted by Gasteiger charge is 2.40.